The molecule has 5 heteroatoms. The number of aliphatic hydroxyl groups excluding tert-OH is 2. The van der Waals surface area contributed by atoms with Crippen LogP contribution in [0.15, 0.2) is 12.2 Å². The summed E-state index contributed by atoms with van der Waals surface area (Å²) in [7, 11) is 0. The van der Waals surface area contributed by atoms with Crippen molar-refractivity contribution < 1.29 is 15.0 Å². The topological polar surface area (TPSA) is 110 Å². The molecule has 0 aromatic carbocycles. The zero-order valence-corrected chi connectivity index (χ0v) is 5.58. The Morgan fingerprint density at radius 1 is 1.30 bits per heavy atom. The maximum atomic E-state index is 9.00. The second-order valence-electron chi connectivity index (χ2n) is 1.47. The Morgan fingerprint density at radius 2 is 1.50 bits per heavy atom. The molecule has 2 amide bonds. The molecular weight excluding hydrogens is 136 g/mol. The van der Waals surface area contributed by atoms with Gasteiger partial charge in [-0.25, -0.2) is 4.79 Å². The molecule has 0 radical (unpaired) electrons. The highest BCUT2D eigenvalue weighted by molar-refractivity contribution is 5.69. The van der Waals surface area contributed by atoms with Gasteiger partial charge in [0.15, 0.2) is 0 Å². The largest absolute Gasteiger partial charge is 0.392 e. The van der Waals surface area contributed by atoms with Crippen LogP contribution >= 0.6 is 0 Å². The zero-order chi connectivity index (χ0) is 8.57. The Morgan fingerprint density at radius 3 is 1.50 bits per heavy atom. The molecule has 0 aromatic rings. The number of urea groups is 1. The van der Waals surface area contributed by atoms with Gasteiger partial charge in [-0.15, -0.1) is 0 Å². The summed E-state index contributed by atoms with van der Waals surface area (Å²) in [4.78, 5) is 9.00. The van der Waals surface area contributed by atoms with Crippen LogP contribution in [-0.4, -0.2) is 29.5 Å². The van der Waals surface area contributed by atoms with Crippen molar-refractivity contribution in [1.29, 1.82) is 0 Å². The minimum Gasteiger partial charge on any atom is -0.392 e. The van der Waals surface area contributed by atoms with Gasteiger partial charge in [-0.1, -0.05) is 6.58 Å². The number of carbonyl (C=O) groups excluding carboxylic acids is 1. The van der Waals surface area contributed by atoms with Crippen LogP contribution in [0.1, 0.15) is 0 Å². The lowest BCUT2D eigenvalue weighted by atomic mass is 10.4. The molecule has 0 bridgehead atoms. The zero-order valence-electron chi connectivity index (χ0n) is 5.58. The smallest absolute Gasteiger partial charge is 0.309 e. The van der Waals surface area contributed by atoms with Gasteiger partial charge in [0, 0.05) is 0 Å². The summed E-state index contributed by atoms with van der Waals surface area (Å²) in [5.74, 6) is 0. The Bertz CT molecular complexity index is 103. The van der Waals surface area contributed by atoms with Crippen molar-refractivity contribution in [2.45, 2.75) is 0 Å². The summed E-state index contributed by atoms with van der Waals surface area (Å²) in [5.41, 5.74) is 8.95. The molecule has 10 heavy (non-hydrogen) atoms. The van der Waals surface area contributed by atoms with Crippen LogP contribution in [0.25, 0.3) is 0 Å². The summed E-state index contributed by atoms with van der Waals surface area (Å²) in [6, 6.07) is -0.833. The quantitative estimate of drug-likeness (QED) is 0.359. The van der Waals surface area contributed by atoms with E-state index in [2.05, 4.69) is 18.0 Å². The first-order valence-electron chi connectivity index (χ1n) is 2.47. The highest BCUT2D eigenvalue weighted by Gasteiger charge is 1.80. The van der Waals surface area contributed by atoms with Gasteiger partial charge in [-0.3, -0.25) is 0 Å². The molecule has 60 valence electrons. The van der Waals surface area contributed by atoms with E-state index in [1.807, 2.05) is 0 Å². The Balaban J connectivity index is 0. The third-order valence-electron chi connectivity index (χ3n) is 0.447. The van der Waals surface area contributed by atoms with Crippen LogP contribution in [-0.2, 0) is 0 Å². The van der Waals surface area contributed by atoms with Crippen molar-refractivity contribution in [2.75, 3.05) is 13.2 Å². The number of primary amides is 2. The van der Waals surface area contributed by atoms with Gasteiger partial charge in [-0.2, -0.15) is 0 Å². The maximum absolute atomic E-state index is 9.00. The van der Waals surface area contributed by atoms with E-state index < -0.39 is 6.03 Å². The average Bonchev–Trinajstić information content (AvgIpc) is 1.85. The molecule has 0 aliphatic heterocycles. The minimum atomic E-state index is -0.833. The molecule has 0 unspecified atom stereocenters. The van der Waals surface area contributed by atoms with E-state index in [9.17, 15) is 0 Å². The lowest BCUT2D eigenvalue weighted by Gasteiger charge is -1.88. The van der Waals surface area contributed by atoms with Crippen LogP contribution in [0.3, 0.4) is 0 Å². The van der Waals surface area contributed by atoms with Crippen LogP contribution < -0.4 is 11.5 Å². The van der Waals surface area contributed by atoms with Crippen LogP contribution in [0.4, 0.5) is 4.79 Å². The fraction of sp³-hybridized carbons (Fsp3) is 0.400. The molecule has 6 N–H and O–H groups in total. The predicted octanol–water partition coefficient (Wildman–Crippen LogP) is -1.45. The van der Waals surface area contributed by atoms with Crippen molar-refractivity contribution >= 4 is 6.03 Å². The monoisotopic (exact) mass is 148 g/mol. The third kappa shape index (κ3) is 28.4. The number of rotatable bonds is 2. The summed E-state index contributed by atoms with van der Waals surface area (Å²) in [6.07, 6.45) is 0. The number of amides is 2. The standard InChI is InChI=1S/C4H8O2.CH4N2O/c1-4(2-5)3-6;2-1(3)4/h5-6H,1-3H2;(H4,2,3,4). The Kier molecular flexibility index (Phi) is 9.27. The molecule has 0 aliphatic rings. The predicted molar refractivity (Wildman–Crippen MR) is 37.1 cm³/mol. The molecule has 0 rings (SSSR count). The Hall–Kier alpha value is -1.07. The van der Waals surface area contributed by atoms with Gasteiger partial charge in [0.25, 0.3) is 0 Å². The van der Waals surface area contributed by atoms with Gasteiger partial charge >= 0.3 is 6.03 Å². The average molecular weight is 148 g/mol. The van der Waals surface area contributed by atoms with E-state index >= 15 is 0 Å². The maximum Gasteiger partial charge on any atom is 0.309 e. The number of nitrogens with two attached hydrogens (primary N) is 2. The van der Waals surface area contributed by atoms with Crippen molar-refractivity contribution in [2.24, 2.45) is 11.5 Å². The SMILES string of the molecule is C=C(CO)CO.NC(N)=O. The first-order chi connectivity index (χ1) is 4.54. The molecule has 0 saturated heterocycles. The molecule has 0 aromatic heterocycles. The molecular formula is C5H12N2O3. The number of hydrogen-bond donors (Lipinski definition) is 4. The van der Waals surface area contributed by atoms with E-state index in [4.69, 9.17) is 15.0 Å². The highest BCUT2D eigenvalue weighted by atomic mass is 16.3. The van der Waals surface area contributed by atoms with Crippen molar-refractivity contribution in [3.8, 4) is 0 Å². The molecule has 0 saturated carbocycles. The minimum absolute atomic E-state index is 0.115. The fourth-order valence-electron chi connectivity index (χ4n) is 0.0500. The molecule has 0 heterocycles. The molecule has 0 spiro atoms. The first kappa shape index (κ1) is 11.7. The summed E-state index contributed by atoms with van der Waals surface area (Å²) >= 11 is 0. The number of hydrogen-bond acceptors (Lipinski definition) is 3. The van der Waals surface area contributed by atoms with Gasteiger partial charge in [0.1, 0.15) is 0 Å². The normalized spacial score (nSPS) is 7.40. The summed E-state index contributed by atoms with van der Waals surface area (Å²) in [6.45, 7) is 3.06. The van der Waals surface area contributed by atoms with Crippen LogP contribution in [0.5, 0.6) is 0 Å². The highest BCUT2D eigenvalue weighted by Crippen LogP contribution is 1.79. The molecule has 5 nitrogen and oxygen atoms in total. The molecule has 0 fully saturated rings. The fourth-order valence-corrected chi connectivity index (χ4v) is 0.0500. The van der Waals surface area contributed by atoms with Crippen LogP contribution in [0.2, 0.25) is 0 Å². The summed E-state index contributed by atoms with van der Waals surface area (Å²) in [5, 5.41) is 16.2. The van der Waals surface area contributed by atoms with Gasteiger partial charge in [-0.05, 0) is 5.57 Å². The van der Waals surface area contributed by atoms with Crippen molar-refractivity contribution in [3.05, 3.63) is 12.2 Å². The first-order valence-corrected chi connectivity index (χ1v) is 2.47. The lowest BCUT2D eigenvalue weighted by Crippen LogP contribution is -2.18. The van der Waals surface area contributed by atoms with E-state index in [1.165, 1.54) is 0 Å². The van der Waals surface area contributed by atoms with E-state index in [0.717, 1.165) is 0 Å². The van der Waals surface area contributed by atoms with Gasteiger partial charge in [0.05, 0.1) is 13.2 Å². The molecule has 0 aliphatic carbocycles. The van der Waals surface area contributed by atoms with Crippen molar-refractivity contribution in [1.82, 2.24) is 0 Å². The number of carbonyl (C=O) groups is 1. The van der Waals surface area contributed by atoms with Crippen molar-refractivity contribution in [3.63, 3.8) is 0 Å². The van der Waals surface area contributed by atoms with E-state index in [-0.39, 0.29) is 13.2 Å². The second-order valence-corrected chi connectivity index (χ2v) is 1.47. The number of aliphatic hydroxyl groups is 2. The lowest BCUT2D eigenvalue weighted by molar-refractivity contribution is 0.256. The Labute approximate surface area is 58.9 Å². The summed E-state index contributed by atoms with van der Waals surface area (Å²) < 4.78 is 0. The van der Waals surface area contributed by atoms with E-state index in [0.29, 0.717) is 5.57 Å². The second kappa shape index (κ2) is 7.93. The van der Waals surface area contributed by atoms with Crippen LogP contribution in [0, 0.1) is 0 Å². The van der Waals surface area contributed by atoms with Gasteiger partial charge in [0.2, 0.25) is 0 Å². The van der Waals surface area contributed by atoms with E-state index in [1.54, 1.807) is 0 Å². The third-order valence-corrected chi connectivity index (χ3v) is 0.447. The van der Waals surface area contributed by atoms with Gasteiger partial charge < -0.3 is 21.7 Å². The molecule has 0 atom stereocenters.